The molecule has 26 heavy (non-hydrogen) atoms. The Balaban J connectivity index is 1.52. The van der Waals surface area contributed by atoms with Gasteiger partial charge >= 0.3 is 0 Å². The first-order valence-electron chi connectivity index (χ1n) is 9.19. The quantitative estimate of drug-likeness (QED) is 0.702. The molecule has 4 rings (SSSR count). The first-order chi connectivity index (χ1) is 12.5. The van der Waals surface area contributed by atoms with E-state index in [1.54, 1.807) is 6.33 Å². The first-order valence-corrected chi connectivity index (χ1v) is 10.3. The van der Waals surface area contributed by atoms with E-state index < -0.39 is 0 Å². The summed E-state index contributed by atoms with van der Waals surface area (Å²) in [5.41, 5.74) is 5.32. The third-order valence-corrected chi connectivity index (χ3v) is 5.96. The van der Waals surface area contributed by atoms with Crippen molar-refractivity contribution in [1.29, 1.82) is 0 Å². The second kappa shape index (κ2) is 7.26. The Kier molecular flexibility index (Phi) is 5.00. The third kappa shape index (κ3) is 3.38. The van der Waals surface area contributed by atoms with Crippen LogP contribution in [0, 0.1) is 22.3 Å². The summed E-state index contributed by atoms with van der Waals surface area (Å²) in [6, 6.07) is 4.36. The second-order valence-electron chi connectivity index (χ2n) is 7.48. The number of anilines is 1. The Hall–Kier alpha value is -1.48. The molecule has 2 aromatic rings. The summed E-state index contributed by atoms with van der Waals surface area (Å²) in [6.07, 6.45) is 3.82. The van der Waals surface area contributed by atoms with E-state index in [2.05, 4.69) is 75.8 Å². The fraction of sp³-hybridized carbons (Fsp3) is 0.526. The lowest BCUT2D eigenvalue weighted by atomic mass is 9.96. The van der Waals surface area contributed by atoms with Gasteiger partial charge in [-0.2, -0.15) is 0 Å². The monoisotopic (exact) mass is 465 g/mol. The summed E-state index contributed by atoms with van der Waals surface area (Å²) in [5, 5.41) is 1.14. The van der Waals surface area contributed by atoms with Crippen molar-refractivity contribution in [2.24, 2.45) is 16.8 Å². The highest BCUT2D eigenvalue weighted by Gasteiger charge is 2.31. The molecule has 138 valence electrons. The van der Waals surface area contributed by atoms with Gasteiger partial charge in [-0.25, -0.2) is 15.0 Å². The molecule has 7 heteroatoms. The van der Waals surface area contributed by atoms with Crippen molar-refractivity contribution in [2.45, 2.75) is 39.8 Å². The summed E-state index contributed by atoms with van der Waals surface area (Å²) in [6.45, 7) is 8.34. The summed E-state index contributed by atoms with van der Waals surface area (Å²) < 4.78 is 1.18. The van der Waals surface area contributed by atoms with E-state index in [0.29, 0.717) is 11.8 Å². The van der Waals surface area contributed by atoms with E-state index in [1.807, 2.05) is 0 Å². The lowest BCUT2D eigenvalue weighted by Crippen LogP contribution is -2.37. The molecule has 1 aromatic carbocycles. The maximum atomic E-state index is 5.66. The lowest BCUT2D eigenvalue weighted by molar-refractivity contribution is 0.147. The molecule has 6 nitrogen and oxygen atoms in total. The van der Waals surface area contributed by atoms with Crippen molar-refractivity contribution < 1.29 is 4.84 Å². The normalized spacial score (nSPS) is 21.3. The van der Waals surface area contributed by atoms with Crippen LogP contribution in [-0.4, -0.2) is 35.1 Å². The van der Waals surface area contributed by atoms with Crippen molar-refractivity contribution in [1.82, 2.24) is 15.4 Å². The number of nitrogens with one attached hydrogen (secondary N) is 1. The molecule has 0 radical (unpaired) electrons. The van der Waals surface area contributed by atoms with Crippen LogP contribution in [0.5, 0.6) is 0 Å². The van der Waals surface area contributed by atoms with E-state index >= 15 is 0 Å². The summed E-state index contributed by atoms with van der Waals surface area (Å²) in [4.78, 5) is 21.9. The van der Waals surface area contributed by atoms with Gasteiger partial charge in [0.25, 0.3) is 0 Å². The molecule has 3 heterocycles. The number of aryl methyl sites for hydroxylation is 1. The smallest absolute Gasteiger partial charge is 0.214 e. The molecule has 1 aromatic heterocycles. The van der Waals surface area contributed by atoms with Crippen molar-refractivity contribution in [3.63, 3.8) is 0 Å². The number of aromatic nitrogens is 2. The maximum absolute atomic E-state index is 5.66. The molecule has 0 aliphatic carbocycles. The molecule has 0 spiro atoms. The van der Waals surface area contributed by atoms with Crippen molar-refractivity contribution >= 4 is 45.2 Å². The Morgan fingerprint density at radius 2 is 2.00 bits per heavy atom. The van der Waals surface area contributed by atoms with Crippen LogP contribution in [0.15, 0.2) is 23.5 Å². The van der Waals surface area contributed by atoms with Crippen molar-refractivity contribution in [3.05, 3.63) is 27.6 Å². The number of aliphatic imine (C=N–C) groups is 1. The highest BCUT2D eigenvalue weighted by atomic mass is 127. The van der Waals surface area contributed by atoms with Gasteiger partial charge < -0.3 is 9.74 Å². The molecule has 1 fully saturated rings. The summed E-state index contributed by atoms with van der Waals surface area (Å²) in [5.74, 6) is 2.74. The average molecular weight is 465 g/mol. The number of hydrogen-bond donors (Lipinski definition) is 1. The molecule has 0 saturated carbocycles. The highest BCUT2D eigenvalue weighted by Crippen LogP contribution is 2.31. The molecular formula is C19H24IN5O. The highest BCUT2D eigenvalue weighted by molar-refractivity contribution is 14.1. The first kappa shape index (κ1) is 17.9. The van der Waals surface area contributed by atoms with Crippen molar-refractivity contribution in [2.75, 3.05) is 18.0 Å². The molecule has 0 amide bonds. The van der Waals surface area contributed by atoms with E-state index in [1.165, 1.54) is 9.13 Å². The molecular weight excluding hydrogens is 441 g/mol. The van der Waals surface area contributed by atoms with Gasteiger partial charge in [-0.15, -0.1) is 5.48 Å². The molecule has 1 unspecified atom stereocenters. The zero-order chi connectivity index (χ0) is 18.3. The van der Waals surface area contributed by atoms with Crippen LogP contribution >= 0.6 is 22.6 Å². The number of hydrogen-bond acceptors (Lipinski definition) is 6. The van der Waals surface area contributed by atoms with Crippen molar-refractivity contribution in [3.8, 4) is 0 Å². The van der Waals surface area contributed by atoms with E-state index in [-0.39, 0.29) is 6.17 Å². The van der Waals surface area contributed by atoms with Gasteiger partial charge in [0.05, 0.1) is 5.52 Å². The van der Waals surface area contributed by atoms with Gasteiger partial charge in [-0.3, -0.25) is 0 Å². The minimum Gasteiger partial charge on any atom is -0.391 e. The zero-order valence-electron chi connectivity index (χ0n) is 15.4. The second-order valence-corrected chi connectivity index (χ2v) is 8.64. The van der Waals surface area contributed by atoms with Crippen LogP contribution in [0.1, 0.15) is 32.3 Å². The van der Waals surface area contributed by atoms with Crippen LogP contribution in [-0.2, 0) is 4.84 Å². The number of benzene rings is 1. The van der Waals surface area contributed by atoms with Gasteiger partial charge in [-0.05, 0) is 66.0 Å². The van der Waals surface area contributed by atoms with Gasteiger partial charge in [0, 0.05) is 28.0 Å². The Labute approximate surface area is 167 Å². The lowest BCUT2D eigenvalue weighted by Gasteiger charge is -2.32. The fourth-order valence-corrected chi connectivity index (χ4v) is 4.54. The average Bonchev–Trinajstić information content (AvgIpc) is 3.12. The number of halogens is 1. The Bertz CT molecular complexity index is 845. The minimum atomic E-state index is 0.0823. The third-order valence-electron chi connectivity index (χ3n) is 5.14. The Morgan fingerprint density at radius 1 is 1.23 bits per heavy atom. The van der Waals surface area contributed by atoms with E-state index in [9.17, 15) is 0 Å². The van der Waals surface area contributed by atoms with Crippen LogP contribution in [0.4, 0.5) is 5.82 Å². The number of fused-ring (bicyclic) bond motifs is 1. The Morgan fingerprint density at radius 3 is 2.69 bits per heavy atom. The largest absolute Gasteiger partial charge is 0.391 e. The number of nitrogens with zero attached hydrogens (tertiary/aromatic N) is 4. The van der Waals surface area contributed by atoms with Crippen LogP contribution in [0.3, 0.4) is 0 Å². The van der Waals surface area contributed by atoms with Gasteiger partial charge in [-0.1, -0.05) is 13.8 Å². The molecule has 2 aliphatic rings. The van der Waals surface area contributed by atoms with Crippen LogP contribution < -0.4 is 10.4 Å². The fourth-order valence-electron chi connectivity index (χ4n) is 3.62. The topological polar surface area (TPSA) is 62.6 Å². The predicted octanol–water partition coefficient (Wildman–Crippen LogP) is 3.67. The van der Waals surface area contributed by atoms with Gasteiger partial charge in [0.2, 0.25) is 5.90 Å². The molecule has 1 N–H and O–H groups in total. The van der Waals surface area contributed by atoms with E-state index in [4.69, 9.17) is 9.83 Å². The molecule has 2 aliphatic heterocycles. The zero-order valence-corrected chi connectivity index (χ0v) is 17.5. The minimum absolute atomic E-state index is 0.0823. The van der Waals surface area contributed by atoms with Crippen LogP contribution in [0.2, 0.25) is 0 Å². The van der Waals surface area contributed by atoms with E-state index in [0.717, 1.165) is 48.5 Å². The predicted molar refractivity (Wildman–Crippen MR) is 112 cm³/mol. The van der Waals surface area contributed by atoms with Gasteiger partial charge in [0.15, 0.2) is 0 Å². The number of rotatable bonds is 3. The summed E-state index contributed by atoms with van der Waals surface area (Å²) >= 11 is 2.36. The number of hydroxylamine groups is 1. The van der Waals surface area contributed by atoms with Gasteiger partial charge in [0.1, 0.15) is 18.3 Å². The molecule has 1 saturated heterocycles. The summed E-state index contributed by atoms with van der Waals surface area (Å²) in [7, 11) is 0. The SMILES string of the molecule is Cc1cc(I)c2ncnc(N3CCC(C4=NC(C(C)C)NO4)CC3)c2c1. The van der Waals surface area contributed by atoms with Crippen LogP contribution in [0.25, 0.3) is 10.9 Å². The molecule has 1 atom stereocenters. The molecule has 0 bridgehead atoms. The number of piperidine rings is 1. The maximum Gasteiger partial charge on any atom is 0.214 e. The standard InChI is InChI=1S/C19H24IN5O/c1-11(2)17-23-19(26-24-17)13-4-6-25(7-5-13)18-14-8-12(3)9-15(20)16(14)21-10-22-18/h8-11,13,17,24H,4-7H2,1-3H3.